The molecule has 4 rings (SSSR count). The van der Waals surface area contributed by atoms with Gasteiger partial charge >= 0.3 is 0 Å². The quantitative estimate of drug-likeness (QED) is 0.518. The van der Waals surface area contributed by atoms with Crippen molar-refractivity contribution in [2.75, 3.05) is 13.1 Å². The number of nitrogens with one attached hydrogen (secondary N) is 1. The van der Waals surface area contributed by atoms with E-state index in [9.17, 15) is 14.0 Å². The molecular weight excluding hydrogens is 435 g/mol. The SMILES string of the molecule is O=C(CCc1ccccc1)NC1CCN(C(=O)CCCc2nc(-c3ccc(F)cc3)no2)CC1. The molecule has 2 amide bonds. The summed E-state index contributed by atoms with van der Waals surface area (Å²) < 4.78 is 18.3. The zero-order valence-electron chi connectivity index (χ0n) is 19.1. The molecule has 1 fully saturated rings. The van der Waals surface area contributed by atoms with Gasteiger partial charge in [0.2, 0.25) is 23.5 Å². The number of likely N-dealkylation sites (tertiary alicyclic amines) is 1. The fraction of sp³-hybridized carbons (Fsp3) is 0.385. The predicted molar refractivity (Wildman–Crippen MR) is 125 cm³/mol. The standard InChI is InChI=1S/C26H29FN4O3/c27-21-12-10-20(11-13-21)26-29-24(34-30-26)7-4-8-25(33)31-17-15-22(16-18-31)28-23(32)14-9-19-5-2-1-3-6-19/h1-3,5-6,10-13,22H,4,7-9,14-18H2,(H,28,32). The summed E-state index contributed by atoms with van der Waals surface area (Å²) in [5, 5.41) is 7.03. The molecule has 1 aromatic heterocycles. The van der Waals surface area contributed by atoms with E-state index in [4.69, 9.17) is 4.52 Å². The van der Waals surface area contributed by atoms with Crippen LogP contribution in [0.2, 0.25) is 0 Å². The van der Waals surface area contributed by atoms with E-state index in [-0.39, 0.29) is 23.7 Å². The molecule has 2 heterocycles. The number of nitrogens with zero attached hydrogens (tertiary/aromatic N) is 3. The van der Waals surface area contributed by atoms with Crippen molar-refractivity contribution >= 4 is 11.8 Å². The molecule has 1 N–H and O–H groups in total. The number of hydrogen-bond donors (Lipinski definition) is 1. The summed E-state index contributed by atoms with van der Waals surface area (Å²) >= 11 is 0. The predicted octanol–water partition coefficient (Wildman–Crippen LogP) is 3.94. The van der Waals surface area contributed by atoms with E-state index >= 15 is 0 Å². The molecule has 0 spiro atoms. The Morgan fingerprint density at radius 2 is 1.74 bits per heavy atom. The van der Waals surface area contributed by atoms with Crippen LogP contribution in [0.25, 0.3) is 11.4 Å². The number of aromatic nitrogens is 2. The molecule has 8 heteroatoms. The minimum atomic E-state index is -0.319. The molecule has 1 saturated heterocycles. The number of rotatable bonds is 9. The van der Waals surface area contributed by atoms with Gasteiger partial charge in [-0.2, -0.15) is 4.98 Å². The maximum atomic E-state index is 13.1. The van der Waals surface area contributed by atoms with Crippen LogP contribution in [0.3, 0.4) is 0 Å². The van der Waals surface area contributed by atoms with E-state index in [0.717, 1.165) is 24.8 Å². The highest BCUT2D eigenvalue weighted by molar-refractivity contribution is 5.77. The highest BCUT2D eigenvalue weighted by Gasteiger charge is 2.23. The minimum Gasteiger partial charge on any atom is -0.353 e. The first-order valence-electron chi connectivity index (χ1n) is 11.8. The first-order valence-corrected chi connectivity index (χ1v) is 11.8. The average Bonchev–Trinajstić information content (AvgIpc) is 3.33. The van der Waals surface area contributed by atoms with Gasteiger partial charge in [-0.3, -0.25) is 9.59 Å². The lowest BCUT2D eigenvalue weighted by Gasteiger charge is -2.32. The summed E-state index contributed by atoms with van der Waals surface area (Å²) in [5.74, 6) is 0.721. The van der Waals surface area contributed by atoms with Crippen molar-refractivity contribution in [3.05, 3.63) is 71.9 Å². The maximum absolute atomic E-state index is 13.1. The first kappa shape index (κ1) is 23.6. The molecule has 0 bridgehead atoms. The maximum Gasteiger partial charge on any atom is 0.226 e. The third kappa shape index (κ3) is 6.73. The van der Waals surface area contributed by atoms with Crippen LogP contribution >= 0.6 is 0 Å². The fourth-order valence-corrected chi connectivity index (χ4v) is 4.10. The lowest BCUT2D eigenvalue weighted by molar-refractivity contribution is -0.132. The van der Waals surface area contributed by atoms with Crippen LogP contribution in [0.15, 0.2) is 59.1 Å². The molecule has 1 aliphatic heterocycles. The number of carbonyl (C=O) groups is 2. The number of amides is 2. The second kappa shape index (κ2) is 11.5. The van der Waals surface area contributed by atoms with Crippen LogP contribution in [0.5, 0.6) is 0 Å². The van der Waals surface area contributed by atoms with Crippen LogP contribution in [0, 0.1) is 5.82 Å². The smallest absolute Gasteiger partial charge is 0.226 e. The molecule has 0 atom stereocenters. The Morgan fingerprint density at radius 1 is 1.00 bits per heavy atom. The van der Waals surface area contributed by atoms with Crippen molar-refractivity contribution in [2.24, 2.45) is 0 Å². The van der Waals surface area contributed by atoms with Gasteiger partial charge in [0.25, 0.3) is 0 Å². The van der Waals surface area contributed by atoms with E-state index in [1.807, 2.05) is 35.2 Å². The third-order valence-corrected chi connectivity index (χ3v) is 6.05. The van der Waals surface area contributed by atoms with Crippen LogP contribution in [0.1, 0.15) is 43.6 Å². The van der Waals surface area contributed by atoms with Crippen molar-refractivity contribution in [1.29, 1.82) is 0 Å². The van der Waals surface area contributed by atoms with E-state index in [1.165, 1.54) is 12.1 Å². The summed E-state index contributed by atoms with van der Waals surface area (Å²) in [4.78, 5) is 31.0. The zero-order chi connectivity index (χ0) is 23.8. The normalized spacial score (nSPS) is 14.2. The number of benzene rings is 2. The van der Waals surface area contributed by atoms with Gasteiger partial charge in [-0.1, -0.05) is 35.5 Å². The summed E-state index contributed by atoms with van der Waals surface area (Å²) in [7, 11) is 0. The van der Waals surface area contributed by atoms with Crippen LogP contribution in [0.4, 0.5) is 4.39 Å². The number of carbonyl (C=O) groups excluding carboxylic acids is 2. The van der Waals surface area contributed by atoms with Crippen molar-refractivity contribution in [3.63, 3.8) is 0 Å². The molecule has 3 aromatic rings. The van der Waals surface area contributed by atoms with Gasteiger partial charge in [0.1, 0.15) is 5.82 Å². The molecule has 0 radical (unpaired) electrons. The van der Waals surface area contributed by atoms with Gasteiger partial charge in [-0.05, 0) is 55.5 Å². The van der Waals surface area contributed by atoms with E-state index in [0.29, 0.717) is 56.1 Å². The molecule has 0 saturated carbocycles. The number of aryl methyl sites for hydroxylation is 2. The molecule has 7 nitrogen and oxygen atoms in total. The Hall–Kier alpha value is -3.55. The summed E-state index contributed by atoms with van der Waals surface area (Å²) in [6, 6.07) is 16.0. The average molecular weight is 465 g/mol. The Morgan fingerprint density at radius 3 is 2.47 bits per heavy atom. The molecule has 2 aromatic carbocycles. The number of hydrogen-bond acceptors (Lipinski definition) is 5. The molecular formula is C26H29FN4O3. The first-order chi connectivity index (χ1) is 16.6. The van der Waals surface area contributed by atoms with E-state index < -0.39 is 0 Å². The van der Waals surface area contributed by atoms with Crippen molar-refractivity contribution in [3.8, 4) is 11.4 Å². The summed E-state index contributed by atoms with van der Waals surface area (Å²) in [6.45, 7) is 1.30. The third-order valence-electron chi connectivity index (χ3n) is 6.05. The Bertz CT molecular complexity index is 1080. The molecule has 0 unspecified atom stereocenters. The Kier molecular flexibility index (Phi) is 8.01. The largest absolute Gasteiger partial charge is 0.353 e. The van der Waals surface area contributed by atoms with Crippen molar-refractivity contribution < 1.29 is 18.5 Å². The highest BCUT2D eigenvalue weighted by Crippen LogP contribution is 2.18. The van der Waals surface area contributed by atoms with Gasteiger partial charge in [-0.25, -0.2) is 4.39 Å². The Balaban J connectivity index is 1.13. The molecule has 1 aliphatic rings. The second-order valence-electron chi connectivity index (χ2n) is 8.58. The lowest BCUT2D eigenvalue weighted by Crippen LogP contribution is -2.46. The van der Waals surface area contributed by atoms with Crippen LogP contribution in [-0.4, -0.2) is 46.0 Å². The van der Waals surface area contributed by atoms with Gasteiger partial charge in [0.05, 0.1) is 0 Å². The minimum absolute atomic E-state index is 0.0631. The number of piperidine rings is 1. The summed E-state index contributed by atoms with van der Waals surface area (Å²) in [6.07, 6.45) is 4.27. The Labute approximate surface area is 198 Å². The van der Waals surface area contributed by atoms with E-state index in [2.05, 4.69) is 15.5 Å². The van der Waals surface area contributed by atoms with Crippen LogP contribution < -0.4 is 5.32 Å². The van der Waals surface area contributed by atoms with Gasteiger partial charge < -0.3 is 14.7 Å². The highest BCUT2D eigenvalue weighted by atomic mass is 19.1. The topological polar surface area (TPSA) is 88.3 Å². The van der Waals surface area contributed by atoms with Gasteiger partial charge in [-0.15, -0.1) is 0 Å². The second-order valence-corrected chi connectivity index (χ2v) is 8.58. The molecule has 178 valence electrons. The lowest BCUT2D eigenvalue weighted by atomic mass is 10.0. The molecule has 34 heavy (non-hydrogen) atoms. The van der Waals surface area contributed by atoms with Crippen LogP contribution in [-0.2, 0) is 22.4 Å². The monoisotopic (exact) mass is 464 g/mol. The fourth-order valence-electron chi connectivity index (χ4n) is 4.10. The van der Waals surface area contributed by atoms with Crippen molar-refractivity contribution in [1.82, 2.24) is 20.4 Å². The van der Waals surface area contributed by atoms with Gasteiger partial charge in [0.15, 0.2) is 0 Å². The van der Waals surface area contributed by atoms with E-state index in [1.54, 1.807) is 12.1 Å². The van der Waals surface area contributed by atoms with Gasteiger partial charge in [0, 0.05) is 44.0 Å². The van der Waals surface area contributed by atoms with Crippen molar-refractivity contribution in [2.45, 2.75) is 51.0 Å². The number of halogens is 1. The zero-order valence-corrected chi connectivity index (χ0v) is 19.1. The molecule has 0 aliphatic carbocycles. The summed E-state index contributed by atoms with van der Waals surface area (Å²) in [5.41, 5.74) is 1.84.